The molecule has 1 aliphatic rings. The second-order valence-corrected chi connectivity index (χ2v) is 7.63. The third kappa shape index (κ3) is 5.54. The van der Waals surface area contributed by atoms with Crippen molar-refractivity contribution in [2.45, 2.75) is 45.3 Å². The molecule has 0 aliphatic carbocycles. The predicted molar refractivity (Wildman–Crippen MR) is 110 cm³/mol. The second kappa shape index (κ2) is 9.69. The smallest absolute Gasteiger partial charge is 0.191 e. The quantitative estimate of drug-likeness (QED) is 0.605. The fraction of sp³-hybridized carbons (Fsp3) is 0.500. The van der Waals surface area contributed by atoms with Gasteiger partial charge in [0.15, 0.2) is 5.96 Å². The molecular weight excluding hydrogens is 342 g/mol. The molecule has 1 aromatic carbocycles. The summed E-state index contributed by atoms with van der Waals surface area (Å²) in [5.41, 5.74) is 2.48. The van der Waals surface area contributed by atoms with E-state index < -0.39 is 0 Å². The summed E-state index contributed by atoms with van der Waals surface area (Å²) < 4.78 is 0. The molecule has 1 fully saturated rings. The molecule has 1 aromatic heterocycles. The van der Waals surface area contributed by atoms with E-state index in [9.17, 15) is 0 Å². The van der Waals surface area contributed by atoms with Gasteiger partial charge in [0.2, 0.25) is 0 Å². The van der Waals surface area contributed by atoms with Gasteiger partial charge in [0.05, 0.1) is 17.2 Å². The molecule has 2 aromatic rings. The standard InChI is InChI=1S/C20H29N5S/c1-3-19-23-18(15-26-19)13-22-20(21-2)24-17-9-11-25(12-10-17)14-16-7-5-4-6-8-16/h4-8,15,17H,3,9-14H2,1-2H3,(H2,21,22,24). The lowest BCUT2D eigenvalue weighted by molar-refractivity contribution is 0.198. The molecule has 140 valence electrons. The molecule has 0 bridgehead atoms. The van der Waals surface area contributed by atoms with Crippen molar-refractivity contribution in [2.24, 2.45) is 4.99 Å². The van der Waals surface area contributed by atoms with Crippen molar-refractivity contribution in [2.75, 3.05) is 20.1 Å². The van der Waals surface area contributed by atoms with Crippen molar-refractivity contribution in [1.29, 1.82) is 0 Å². The minimum atomic E-state index is 0.481. The lowest BCUT2D eigenvalue weighted by Gasteiger charge is -2.33. The zero-order valence-electron chi connectivity index (χ0n) is 15.7. The zero-order chi connectivity index (χ0) is 18.2. The summed E-state index contributed by atoms with van der Waals surface area (Å²) in [6.07, 6.45) is 3.29. The van der Waals surface area contributed by atoms with Gasteiger partial charge in [-0.15, -0.1) is 11.3 Å². The van der Waals surface area contributed by atoms with E-state index in [1.165, 1.54) is 10.6 Å². The number of benzene rings is 1. The number of hydrogen-bond acceptors (Lipinski definition) is 4. The van der Waals surface area contributed by atoms with Crippen molar-refractivity contribution in [3.05, 3.63) is 52.0 Å². The van der Waals surface area contributed by atoms with Crippen LogP contribution in [0.5, 0.6) is 0 Å². The Morgan fingerprint density at radius 3 is 2.69 bits per heavy atom. The largest absolute Gasteiger partial charge is 0.354 e. The van der Waals surface area contributed by atoms with Crippen molar-refractivity contribution in [1.82, 2.24) is 20.5 Å². The van der Waals surface area contributed by atoms with Crippen LogP contribution in [0.25, 0.3) is 0 Å². The molecule has 2 heterocycles. The monoisotopic (exact) mass is 371 g/mol. The van der Waals surface area contributed by atoms with Crippen LogP contribution in [0.4, 0.5) is 0 Å². The van der Waals surface area contributed by atoms with Gasteiger partial charge in [-0.2, -0.15) is 0 Å². The first kappa shape index (κ1) is 18.9. The van der Waals surface area contributed by atoms with Gasteiger partial charge in [0.25, 0.3) is 0 Å². The minimum absolute atomic E-state index is 0.481. The van der Waals surface area contributed by atoms with E-state index >= 15 is 0 Å². The summed E-state index contributed by atoms with van der Waals surface area (Å²) in [5.74, 6) is 0.873. The van der Waals surface area contributed by atoms with Crippen LogP contribution in [0.15, 0.2) is 40.7 Å². The molecule has 0 amide bonds. The van der Waals surface area contributed by atoms with Gasteiger partial charge in [-0.3, -0.25) is 9.89 Å². The van der Waals surface area contributed by atoms with Crippen LogP contribution < -0.4 is 10.6 Å². The molecule has 26 heavy (non-hydrogen) atoms. The van der Waals surface area contributed by atoms with Gasteiger partial charge in [-0.25, -0.2) is 4.98 Å². The molecule has 0 atom stereocenters. The SMILES string of the molecule is CCc1nc(CNC(=NC)NC2CCN(Cc3ccccc3)CC2)cs1. The summed E-state index contributed by atoms with van der Waals surface area (Å²) in [6, 6.07) is 11.2. The number of hydrogen-bond donors (Lipinski definition) is 2. The van der Waals surface area contributed by atoms with E-state index in [4.69, 9.17) is 0 Å². The normalized spacial score (nSPS) is 16.6. The molecule has 0 unspecified atom stereocenters. The van der Waals surface area contributed by atoms with E-state index in [0.717, 1.165) is 57.1 Å². The molecule has 1 aliphatic heterocycles. The lowest BCUT2D eigenvalue weighted by atomic mass is 10.0. The highest BCUT2D eigenvalue weighted by Gasteiger charge is 2.20. The Labute approximate surface area is 160 Å². The van der Waals surface area contributed by atoms with Crippen LogP contribution in [0.2, 0.25) is 0 Å². The van der Waals surface area contributed by atoms with Crippen LogP contribution in [0.1, 0.15) is 36.0 Å². The average Bonchev–Trinajstić information content (AvgIpc) is 3.15. The van der Waals surface area contributed by atoms with Gasteiger partial charge in [-0.1, -0.05) is 37.3 Å². The van der Waals surface area contributed by atoms with Crippen LogP contribution in [0, 0.1) is 0 Å². The maximum absolute atomic E-state index is 4.60. The topological polar surface area (TPSA) is 52.6 Å². The average molecular weight is 372 g/mol. The maximum atomic E-state index is 4.60. The van der Waals surface area contributed by atoms with Crippen LogP contribution >= 0.6 is 11.3 Å². The highest BCUT2D eigenvalue weighted by atomic mass is 32.1. The van der Waals surface area contributed by atoms with Crippen molar-refractivity contribution in [3.8, 4) is 0 Å². The maximum Gasteiger partial charge on any atom is 0.191 e. The molecule has 2 N–H and O–H groups in total. The summed E-state index contributed by atoms with van der Waals surface area (Å²) >= 11 is 1.73. The van der Waals surface area contributed by atoms with Crippen molar-refractivity contribution < 1.29 is 0 Å². The number of guanidine groups is 1. The molecule has 1 saturated heterocycles. The Balaban J connectivity index is 1.41. The van der Waals surface area contributed by atoms with Gasteiger partial charge in [0, 0.05) is 38.1 Å². The summed E-state index contributed by atoms with van der Waals surface area (Å²) in [7, 11) is 1.83. The molecular formula is C20H29N5S. The van der Waals surface area contributed by atoms with Crippen LogP contribution in [0.3, 0.4) is 0 Å². The summed E-state index contributed by atoms with van der Waals surface area (Å²) in [4.78, 5) is 11.5. The highest BCUT2D eigenvalue weighted by molar-refractivity contribution is 7.09. The van der Waals surface area contributed by atoms with Gasteiger partial charge in [-0.05, 0) is 24.8 Å². The highest BCUT2D eigenvalue weighted by Crippen LogP contribution is 2.14. The molecule has 3 rings (SSSR count). The van der Waals surface area contributed by atoms with Crippen molar-refractivity contribution >= 4 is 17.3 Å². The second-order valence-electron chi connectivity index (χ2n) is 6.69. The number of likely N-dealkylation sites (tertiary alicyclic amines) is 1. The first-order valence-electron chi connectivity index (χ1n) is 9.43. The molecule has 0 spiro atoms. The lowest BCUT2D eigenvalue weighted by Crippen LogP contribution is -2.48. The van der Waals surface area contributed by atoms with Crippen molar-refractivity contribution in [3.63, 3.8) is 0 Å². The molecule has 0 radical (unpaired) electrons. The first-order valence-corrected chi connectivity index (χ1v) is 10.3. The molecule has 0 saturated carbocycles. The number of aliphatic imine (C=N–C) groups is 1. The fourth-order valence-electron chi connectivity index (χ4n) is 3.23. The summed E-state index contributed by atoms with van der Waals surface area (Å²) in [5, 5.41) is 10.3. The summed E-state index contributed by atoms with van der Waals surface area (Å²) in [6.45, 7) is 6.15. The fourth-order valence-corrected chi connectivity index (χ4v) is 3.98. The Bertz CT molecular complexity index is 689. The van der Waals surface area contributed by atoms with E-state index in [1.54, 1.807) is 11.3 Å². The number of aromatic nitrogens is 1. The molecule has 6 heteroatoms. The minimum Gasteiger partial charge on any atom is -0.354 e. The number of piperidine rings is 1. The van der Waals surface area contributed by atoms with E-state index in [1.807, 2.05) is 7.05 Å². The first-order chi connectivity index (χ1) is 12.8. The van der Waals surface area contributed by atoms with Crippen LogP contribution in [-0.4, -0.2) is 42.0 Å². The van der Waals surface area contributed by atoms with Crippen LogP contribution in [-0.2, 0) is 19.5 Å². The zero-order valence-corrected chi connectivity index (χ0v) is 16.6. The van der Waals surface area contributed by atoms with Gasteiger partial charge in [0.1, 0.15) is 0 Å². The van der Waals surface area contributed by atoms with Gasteiger partial charge >= 0.3 is 0 Å². The Morgan fingerprint density at radius 2 is 2.04 bits per heavy atom. The Kier molecular flexibility index (Phi) is 7.03. The van der Waals surface area contributed by atoms with Gasteiger partial charge < -0.3 is 10.6 Å². The Hall–Kier alpha value is -1.92. The van der Waals surface area contributed by atoms with E-state index in [2.05, 4.69) is 68.1 Å². The predicted octanol–water partition coefficient (Wildman–Crippen LogP) is 3.04. The molecule has 5 nitrogen and oxygen atoms in total. The third-order valence-corrected chi connectivity index (χ3v) is 5.78. The number of aryl methyl sites for hydroxylation is 1. The third-order valence-electron chi connectivity index (χ3n) is 4.74. The number of rotatable bonds is 6. The Morgan fingerprint density at radius 1 is 1.27 bits per heavy atom. The number of thiazole rings is 1. The number of nitrogens with one attached hydrogen (secondary N) is 2. The van der Waals surface area contributed by atoms with E-state index in [0.29, 0.717) is 6.04 Å². The number of nitrogens with zero attached hydrogens (tertiary/aromatic N) is 3. The van der Waals surface area contributed by atoms with E-state index in [-0.39, 0.29) is 0 Å².